The van der Waals surface area contributed by atoms with Crippen molar-refractivity contribution in [1.29, 1.82) is 0 Å². The van der Waals surface area contributed by atoms with Gasteiger partial charge in [0.05, 0.1) is 12.0 Å². The molecule has 2 aromatic heterocycles. The van der Waals surface area contributed by atoms with Crippen molar-refractivity contribution in [1.82, 2.24) is 10.2 Å². The first-order valence-electron chi connectivity index (χ1n) is 7.00. The molecular weight excluding hydrogens is 352 g/mol. The van der Waals surface area contributed by atoms with Crippen LogP contribution in [0.25, 0.3) is 10.8 Å². The number of thiophene rings is 1. The van der Waals surface area contributed by atoms with Crippen LogP contribution in [0.2, 0.25) is 5.02 Å². The fourth-order valence-corrected chi connectivity index (χ4v) is 2.83. The van der Waals surface area contributed by atoms with Gasteiger partial charge in [0, 0.05) is 5.02 Å². The number of rotatable bonds is 5. The van der Waals surface area contributed by atoms with Gasteiger partial charge in [0.15, 0.2) is 6.10 Å². The summed E-state index contributed by atoms with van der Waals surface area (Å²) in [5.74, 6) is 0.398. The van der Waals surface area contributed by atoms with Gasteiger partial charge in [-0.25, -0.2) is 4.79 Å². The van der Waals surface area contributed by atoms with Crippen LogP contribution in [0.15, 0.2) is 40.1 Å². The number of hydrogen-bond acceptors (Lipinski definition) is 7. The number of aromatic nitrogens is 2. The van der Waals surface area contributed by atoms with E-state index in [1.54, 1.807) is 19.1 Å². The molecule has 3 aromatic rings. The van der Waals surface area contributed by atoms with Gasteiger partial charge in [-0.3, -0.25) is 0 Å². The highest BCUT2D eigenvalue weighted by Crippen LogP contribution is 2.28. The highest BCUT2D eigenvalue weighted by Gasteiger charge is 2.22. The zero-order valence-corrected chi connectivity index (χ0v) is 14.4. The van der Waals surface area contributed by atoms with E-state index < -0.39 is 12.1 Å². The Labute approximate surface area is 147 Å². The minimum Gasteiger partial charge on any atom is -0.496 e. The van der Waals surface area contributed by atoms with Crippen LogP contribution in [0.3, 0.4) is 0 Å². The van der Waals surface area contributed by atoms with Crippen LogP contribution < -0.4 is 4.74 Å². The average Bonchev–Trinajstić information content (AvgIpc) is 3.25. The van der Waals surface area contributed by atoms with Gasteiger partial charge in [-0.15, -0.1) is 21.5 Å². The fraction of sp³-hybridized carbons (Fsp3) is 0.188. The first-order valence-corrected chi connectivity index (χ1v) is 8.26. The van der Waals surface area contributed by atoms with E-state index in [9.17, 15) is 4.79 Å². The van der Waals surface area contributed by atoms with Crippen molar-refractivity contribution < 1.29 is 18.7 Å². The first kappa shape index (κ1) is 16.5. The van der Waals surface area contributed by atoms with Gasteiger partial charge < -0.3 is 13.9 Å². The zero-order chi connectivity index (χ0) is 17.1. The Hall–Kier alpha value is -2.38. The zero-order valence-electron chi connectivity index (χ0n) is 12.9. The third kappa shape index (κ3) is 3.42. The number of halogens is 1. The number of carbonyl (C=O) groups excluding carboxylic acids is 1. The van der Waals surface area contributed by atoms with Crippen molar-refractivity contribution in [2.45, 2.75) is 13.0 Å². The minimum absolute atomic E-state index is 0.216. The van der Waals surface area contributed by atoms with E-state index in [1.807, 2.05) is 17.5 Å². The van der Waals surface area contributed by atoms with Crippen LogP contribution in [0.5, 0.6) is 5.75 Å². The normalized spacial score (nSPS) is 12.0. The molecule has 3 rings (SSSR count). The fourth-order valence-electron chi connectivity index (χ4n) is 2.01. The molecule has 0 saturated heterocycles. The van der Waals surface area contributed by atoms with Crippen molar-refractivity contribution in [2.24, 2.45) is 0 Å². The molecule has 0 aliphatic carbocycles. The molecule has 24 heavy (non-hydrogen) atoms. The molecule has 1 aromatic carbocycles. The number of methoxy groups -OCH3 is 1. The largest absolute Gasteiger partial charge is 0.496 e. The maximum Gasteiger partial charge on any atom is 0.342 e. The predicted octanol–water partition coefficient (Wildman–Crippen LogP) is 4.38. The third-order valence-corrected chi connectivity index (χ3v) is 4.28. The number of ether oxygens (including phenoxy) is 2. The van der Waals surface area contributed by atoms with Crippen LogP contribution >= 0.6 is 22.9 Å². The highest BCUT2D eigenvalue weighted by atomic mass is 35.5. The van der Waals surface area contributed by atoms with Crippen molar-refractivity contribution in [3.63, 3.8) is 0 Å². The second-order valence-corrected chi connectivity index (χ2v) is 6.20. The van der Waals surface area contributed by atoms with E-state index in [2.05, 4.69) is 10.2 Å². The predicted molar refractivity (Wildman–Crippen MR) is 89.4 cm³/mol. The van der Waals surface area contributed by atoms with Crippen molar-refractivity contribution in [3.8, 4) is 16.5 Å². The van der Waals surface area contributed by atoms with E-state index in [4.69, 9.17) is 25.5 Å². The molecule has 124 valence electrons. The van der Waals surface area contributed by atoms with Crippen LogP contribution in [0.4, 0.5) is 0 Å². The summed E-state index contributed by atoms with van der Waals surface area (Å²) < 4.78 is 16.1. The summed E-state index contributed by atoms with van der Waals surface area (Å²) >= 11 is 7.41. The van der Waals surface area contributed by atoms with Gasteiger partial charge in [0.1, 0.15) is 11.3 Å². The van der Waals surface area contributed by atoms with Gasteiger partial charge in [-0.1, -0.05) is 17.7 Å². The van der Waals surface area contributed by atoms with Crippen molar-refractivity contribution in [3.05, 3.63) is 52.2 Å². The van der Waals surface area contributed by atoms with Gasteiger partial charge in [-0.05, 0) is 36.6 Å². The Morgan fingerprint density at radius 2 is 2.17 bits per heavy atom. The molecule has 0 amide bonds. The molecule has 0 fully saturated rings. The summed E-state index contributed by atoms with van der Waals surface area (Å²) in [6.07, 6.45) is -0.706. The molecule has 0 saturated carbocycles. The second kappa shape index (κ2) is 7.02. The van der Waals surface area contributed by atoms with E-state index in [1.165, 1.54) is 24.5 Å². The number of benzene rings is 1. The Morgan fingerprint density at radius 1 is 1.33 bits per heavy atom. The topological polar surface area (TPSA) is 74.5 Å². The van der Waals surface area contributed by atoms with Crippen LogP contribution in [-0.4, -0.2) is 23.3 Å². The average molecular weight is 365 g/mol. The minimum atomic E-state index is -0.706. The van der Waals surface area contributed by atoms with Crippen LogP contribution in [0.1, 0.15) is 29.3 Å². The lowest BCUT2D eigenvalue weighted by atomic mass is 10.2. The monoisotopic (exact) mass is 364 g/mol. The Balaban J connectivity index is 1.76. The number of carbonyl (C=O) groups is 1. The molecule has 8 heteroatoms. The maximum absolute atomic E-state index is 12.3. The summed E-state index contributed by atoms with van der Waals surface area (Å²) in [5, 5.41) is 10.2. The van der Waals surface area contributed by atoms with Crippen molar-refractivity contribution >= 4 is 28.9 Å². The van der Waals surface area contributed by atoms with Crippen LogP contribution in [-0.2, 0) is 4.74 Å². The van der Waals surface area contributed by atoms with Gasteiger partial charge in [0.2, 0.25) is 0 Å². The Kier molecular flexibility index (Phi) is 4.82. The molecule has 0 N–H and O–H groups in total. The smallest absolute Gasteiger partial charge is 0.342 e. The van der Waals surface area contributed by atoms with E-state index in [-0.39, 0.29) is 11.5 Å². The molecule has 0 aliphatic rings. The Bertz CT molecular complexity index is 848. The standard InChI is InChI=1S/C16H13ClN2O4S/c1-9(14-18-19-15(23-14)13-4-3-7-24-13)22-16(20)11-8-10(17)5-6-12(11)21-2/h3-9H,1-2H3. The summed E-state index contributed by atoms with van der Waals surface area (Å²) in [4.78, 5) is 13.2. The molecule has 0 bridgehead atoms. The summed E-state index contributed by atoms with van der Waals surface area (Å²) in [6.45, 7) is 1.65. The maximum atomic E-state index is 12.3. The van der Waals surface area contributed by atoms with E-state index >= 15 is 0 Å². The molecule has 1 unspecified atom stereocenters. The lowest BCUT2D eigenvalue weighted by molar-refractivity contribution is 0.0276. The van der Waals surface area contributed by atoms with E-state index in [0.29, 0.717) is 16.7 Å². The Morgan fingerprint density at radius 3 is 2.88 bits per heavy atom. The lowest BCUT2D eigenvalue weighted by Crippen LogP contribution is -2.11. The van der Waals surface area contributed by atoms with Crippen molar-refractivity contribution in [2.75, 3.05) is 7.11 Å². The molecule has 1 atom stereocenters. The van der Waals surface area contributed by atoms with Crippen LogP contribution in [0, 0.1) is 0 Å². The molecule has 2 heterocycles. The summed E-state index contributed by atoms with van der Waals surface area (Å²) in [5.41, 5.74) is 0.231. The second-order valence-electron chi connectivity index (χ2n) is 4.81. The SMILES string of the molecule is COc1ccc(Cl)cc1C(=O)OC(C)c1nnc(-c2cccs2)o1. The van der Waals surface area contributed by atoms with Gasteiger partial charge in [-0.2, -0.15) is 0 Å². The summed E-state index contributed by atoms with van der Waals surface area (Å²) in [6, 6.07) is 8.48. The van der Waals surface area contributed by atoms with Gasteiger partial charge in [0.25, 0.3) is 11.8 Å². The number of hydrogen-bond donors (Lipinski definition) is 0. The van der Waals surface area contributed by atoms with E-state index in [0.717, 1.165) is 4.88 Å². The molecule has 0 radical (unpaired) electrons. The molecule has 0 aliphatic heterocycles. The number of nitrogens with zero attached hydrogens (tertiary/aromatic N) is 2. The molecule has 6 nitrogen and oxygen atoms in total. The number of esters is 1. The quantitative estimate of drug-likeness (QED) is 0.625. The molecule has 0 spiro atoms. The van der Waals surface area contributed by atoms with Gasteiger partial charge >= 0.3 is 5.97 Å². The first-order chi connectivity index (χ1) is 11.6. The highest BCUT2D eigenvalue weighted by molar-refractivity contribution is 7.13. The molecular formula is C16H13ClN2O4S. The lowest BCUT2D eigenvalue weighted by Gasteiger charge is -2.12. The summed E-state index contributed by atoms with van der Waals surface area (Å²) in [7, 11) is 1.47. The third-order valence-electron chi connectivity index (χ3n) is 3.19.